The summed E-state index contributed by atoms with van der Waals surface area (Å²) in [7, 11) is 0. The van der Waals surface area contributed by atoms with Gasteiger partial charge in [-0.05, 0) is 18.8 Å². The fourth-order valence-corrected chi connectivity index (χ4v) is 1.38. The third-order valence-electron chi connectivity index (χ3n) is 2.39. The molecule has 1 saturated carbocycles. The van der Waals surface area contributed by atoms with E-state index in [1.807, 2.05) is 0 Å². The number of hydrogen-bond donors (Lipinski definition) is 3. The summed E-state index contributed by atoms with van der Waals surface area (Å²) in [6, 6.07) is -0.0744. The number of nitrogens with one attached hydrogen (secondary N) is 2. The molecule has 1 aromatic rings. The number of rotatable bonds is 3. The van der Waals surface area contributed by atoms with Gasteiger partial charge in [0.15, 0.2) is 0 Å². The lowest BCUT2D eigenvalue weighted by molar-refractivity contribution is 0.486. The van der Waals surface area contributed by atoms with E-state index >= 15 is 0 Å². The van der Waals surface area contributed by atoms with Crippen LogP contribution in [0.25, 0.3) is 0 Å². The van der Waals surface area contributed by atoms with Gasteiger partial charge in [-0.3, -0.25) is 0 Å². The van der Waals surface area contributed by atoms with Crippen LogP contribution in [0.4, 0.5) is 0 Å². The van der Waals surface area contributed by atoms with E-state index in [1.54, 1.807) is 0 Å². The molecule has 1 aliphatic carbocycles. The van der Waals surface area contributed by atoms with Crippen LogP contribution in [-0.4, -0.2) is 20.8 Å². The van der Waals surface area contributed by atoms with Crippen LogP contribution in [0.15, 0.2) is 9.59 Å². The Balaban J connectivity index is 2.16. The molecule has 0 aliphatic heterocycles. The van der Waals surface area contributed by atoms with Gasteiger partial charge in [0.25, 0.3) is 0 Å². The van der Waals surface area contributed by atoms with E-state index in [4.69, 9.17) is 5.73 Å². The van der Waals surface area contributed by atoms with Crippen LogP contribution in [0.3, 0.4) is 0 Å². The number of aromatic nitrogens is 3. The topological polar surface area (TPSA) is 96.7 Å². The summed E-state index contributed by atoms with van der Waals surface area (Å²) in [5.74, 6) is 0.487. The van der Waals surface area contributed by atoms with Crippen molar-refractivity contribution in [3.05, 3.63) is 21.0 Å². The average Bonchev–Trinajstić information content (AvgIpc) is 2.88. The zero-order valence-corrected chi connectivity index (χ0v) is 7.12. The van der Waals surface area contributed by atoms with Crippen molar-refractivity contribution in [3.8, 4) is 0 Å². The molecule has 1 aliphatic rings. The van der Waals surface area contributed by atoms with Gasteiger partial charge in [0.1, 0.15) is 0 Å². The molecule has 0 radical (unpaired) electrons. The molecule has 1 unspecified atom stereocenters. The Morgan fingerprint density at radius 3 is 2.38 bits per heavy atom. The maximum absolute atomic E-state index is 11.0. The van der Waals surface area contributed by atoms with Crippen molar-refractivity contribution in [2.45, 2.75) is 25.4 Å². The number of H-pyrrole nitrogens is 2. The van der Waals surface area contributed by atoms with E-state index in [-0.39, 0.29) is 6.04 Å². The summed E-state index contributed by atoms with van der Waals surface area (Å²) >= 11 is 0. The molecule has 6 nitrogen and oxygen atoms in total. The SMILES string of the molecule is NC(Cn1c(=O)[nH][nH]c1=O)C1CC1. The van der Waals surface area contributed by atoms with Gasteiger partial charge in [0, 0.05) is 12.6 Å². The minimum atomic E-state index is -0.416. The minimum Gasteiger partial charge on any atom is -0.326 e. The zero-order valence-electron chi connectivity index (χ0n) is 7.12. The normalized spacial score (nSPS) is 18.8. The monoisotopic (exact) mass is 184 g/mol. The molecule has 6 heteroatoms. The molecule has 0 saturated heterocycles. The lowest BCUT2D eigenvalue weighted by Gasteiger charge is -2.07. The third kappa shape index (κ3) is 1.57. The predicted octanol–water partition coefficient (Wildman–Crippen LogP) is -1.40. The quantitative estimate of drug-likeness (QED) is 0.539. The molecule has 1 fully saturated rings. The van der Waals surface area contributed by atoms with Crippen LogP contribution < -0.4 is 17.1 Å². The summed E-state index contributed by atoms with van der Waals surface area (Å²) < 4.78 is 1.10. The first kappa shape index (κ1) is 8.31. The van der Waals surface area contributed by atoms with Crippen molar-refractivity contribution in [1.29, 1.82) is 0 Å². The Kier molecular flexibility index (Phi) is 1.84. The molecule has 4 N–H and O–H groups in total. The smallest absolute Gasteiger partial charge is 0.326 e. The highest BCUT2D eigenvalue weighted by molar-refractivity contribution is 4.84. The van der Waals surface area contributed by atoms with Crippen LogP contribution in [-0.2, 0) is 6.54 Å². The van der Waals surface area contributed by atoms with Crippen LogP contribution in [0.5, 0.6) is 0 Å². The maximum Gasteiger partial charge on any atom is 0.344 e. The van der Waals surface area contributed by atoms with Crippen LogP contribution in [0, 0.1) is 5.92 Å². The summed E-state index contributed by atoms with van der Waals surface area (Å²) in [4.78, 5) is 22.1. The van der Waals surface area contributed by atoms with Crippen molar-refractivity contribution >= 4 is 0 Å². The van der Waals surface area contributed by atoms with Crippen molar-refractivity contribution in [1.82, 2.24) is 14.8 Å². The van der Waals surface area contributed by atoms with Crippen LogP contribution in [0.1, 0.15) is 12.8 Å². The fourth-order valence-electron chi connectivity index (χ4n) is 1.38. The van der Waals surface area contributed by atoms with Crippen molar-refractivity contribution in [2.75, 3.05) is 0 Å². The Labute approximate surface area is 73.7 Å². The molecule has 0 spiro atoms. The molecule has 13 heavy (non-hydrogen) atoms. The number of nitrogens with two attached hydrogens (primary N) is 1. The van der Waals surface area contributed by atoms with Crippen molar-refractivity contribution in [2.24, 2.45) is 11.7 Å². The van der Waals surface area contributed by atoms with E-state index in [2.05, 4.69) is 10.2 Å². The van der Waals surface area contributed by atoms with Gasteiger partial charge in [0.2, 0.25) is 0 Å². The standard InChI is InChI=1S/C7H12N4O2/c8-5(4-1-2-4)3-11-6(12)9-10-7(11)13/h4-5H,1-3,8H2,(H,9,12)(H,10,13). The average molecular weight is 184 g/mol. The predicted molar refractivity (Wildman–Crippen MR) is 46.4 cm³/mol. The van der Waals surface area contributed by atoms with Crippen molar-refractivity contribution < 1.29 is 0 Å². The molecule has 1 aromatic heterocycles. The van der Waals surface area contributed by atoms with E-state index in [0.29, 0.717) is 12.5 Å². The first-order valence-corrected chi connectivity index (χ1v) is 4.31. The number of nitrogens with zero attached hydrogens (tertiary/aromatic N) is 1. The van der Waals surface area contributed by atoms with Gasteiger partial charge in [-0.25, -0.2) is 24.4 Å². The highest BCUT2D eigenvalue weighted by Crippen LogP contribution is 2.31. The molecular weight excluding hydrogens is 172 g/mol. The Bertz CT molecular complexity index is 370. The van der Waals surface area contributed by atoms with E-state index < -0.39 is 11.4 Å². The van der Waals surface area contributed by atoms with E-state index in [9.17, 15) is 9.59 Å². The maximum atomic E-state index is 11.0. The first-order chi connectivity index (χ1) is 6.18. The van der Waals surface area contributed by atoms with Crippen molar-refractivity contribution in [3.63, 3.8) is 0 Å². The zero-order chi connectivity index (χ0) is 9.42. The summed E-state index contributed by atoms with van der Waals surface area (Å²) in [5, 5.41) is 4.43. The molecule has 0 amide bonds. The molecule has 0 bridgehead atoms. The third-order valence-corrected chi connectivity index (χ3v) is 2.39. The highest BCUT2D eigenvalue weighted by atomic mass is 16.2. The summed E-state index contributed by atoms with van der Waals surface area (Å²) in [6.07, 6.45) is 2.22. The molecule has 0 aromatic carbocycles. The second-order valence-electron chi connectivity index (χ2n) is 3.47. The van der Waals surface area contributed by atoms with Crippen LogP contribution in [0.2, 0.25) is 0 Å². The Morgan fingerprint density at radius 1 is 1.38 bits per heavy atom. The number of hydrogen-bond acceptors (Lipinski definition) is 3. The van der Waals surface area contributed by atoms with E-state index in [1.165, 1.54) is 0 Å². The lowest BCUT2D eigenvalue weighted by Crippen LogP contribution is -2.37. The lowest BCUT2D eigenvalue weighted by atomic mass is 10.2. The largest absolute Gasteiger partial charge is 0.344 e. The second kappa shape index (κ2) is 2.88. The molecule has 1 atom stereocenters. The summed E-state index contributed by atoms with van der Waals surface area (Å²) in [5.41, 5.74) is 4.95. The Hall–Kier alpha value is -1.30. The van der Waals surface area contributed by atoms with Gasteiger partial charge in [-0.1, -0.05) is 0 Å². The van der Waals surface area contributed by atoms with Gasteiger partial charge in [-0.15, -0.1) is 0 Å². The minimum absolute atomic E-state index is 0.0744. The van der Waals surface area contributed by atoms with Gasteiger partial charge >= 0.3 is 11.4 Å². The fraction of sp³-hybridized carbons (Fsp3) is 0.714. The molecule has 1 heterocycles. The summed E-state index contributed by atoms with van der Waals surface area (Å²) in [6.45, 7) is 0.308. The van der Waals surface area contributed by atoms with Gasteiger partial charge in [-0.2, -0.15) is 0 Å². The molecule has 72 valence electrons. The van der Waals surface area contributed by atoms with Gasteiger partial charge in [0.05, 0.1) is 0 Å². The highest BCUT2D eigenvalue weighted by Gasteiger charge is 2.29. The Morgan fingerprint density at radius 2 is 1.92 bits per heavy atom. The number of aromatic amines is 2. The first-order valence-electron chi connectivity index (χ1n) is 4.31. The van der Waals surface area contributed by atoms with Gasteiger partial charge < -0.3 is 5.73 Å². The molecule has 2 rings (SSSR count). The molecular formula is C7H12N4O2. The van der Waals surface area contributed by atoms with E-state index in [0.717, 1.165) is 17.4 Å². The van der Waals surface area contributed by atoms with Crippen LogP contribution >= 0.6 is 0 Å². The second-order valence-corrected chi connectivity index (χ2v) is 3.47.